The van der Waals surface area contributed by atoms with Crippen LogP contribution in [0.25, 0.3) is 0 Å². The molecule has 0 unspecified atom stereocenters. The Morgan fingerprint density at radius 2 is 2.24 bits per heavy atom. The first kappa shape index (κ1) is 15.1. The second-order valence-corrected chi connectivity index (χ2v) is 5.90. The van der Waals surface area contributed by atoms with Crippen LogP contribution in [0.4, 0.5) is 10.7 Å². The summed E-state index contributed by atoms with van der Waals surface area (Å²) >= 11 is 1.25. The molecule has 0 atom stereocenters. The zero-order chi connectivity index (χ0) is 15.4. The minimum Gasteiger partial charge on any atom is -0.396 e. The van der Waals surface area contributed by atoms with Gasteiger partial charge in [0.2, 0.25) is 0 Å². The van der Waals surface area contributed by atoms with E-state index in [2.05, 4.69) is 36.5 Å². The second-order valence-electron chi connectivity index (χ2n) is 4.88. The molecule has 1 heterocycles. The van der Waals surface area contributed by atoms with Crippen molar-refractivity contribution in [2.45, 2.75) is 20.3 Å². The molecular formula is C16H17N3OS. The zero-order valence-electron chi connectivity index (χ0n) is 12.1. The third-order valence-corrected chi connectivity index (χ3v) is 4.42. The molecule has 1 aromatic heterocycles. The summed E-state index contributed by atoms with van der Waals surface area (Å²) in [6.45, 7) is 4.21. The van der Waals surface area contributed by atoms with Gasteiger partial charge in [-0.2, -0.15) is 5.26 Å². The number of carbonyl (C=O) groups excluding carboxylic acids is 1. The fourth-order valence-corrected chi connectivity index (χ4v) is 3.12. The number of thiophene rings is 1. The number of nitrogens with one attached hydrogen (secondary N) is 1. The minimum atomic E-state index is -0.110. The average molecular weight is 299 g/mol. The van der Waals surface area contributed by atoms with E-state index in [-0.39, 0.29) is 11.5 Å². The van der Waals surface area contributed by atoms with E-state index in [1.807, 2.05) is 6.07 Å². The molecule has 0 fully saturated rings. The van der Waals surface area contributed by atoms with Crippen molar-refractivity contribution in [3.8, 4) is 6.07 Å². The van der Waals surface area contributed by atoms with Crippen LogP contribution in [0, 0.1) is 18.3 Å². The predicted molar refractivity (Wildman–Crippen MR) is 86.8 cm³/mol. The second kappa shape index (κ2) is 6.42. The van der Waals surface area contributed by atoms with Crippen LogP contribution in [0.15, 0.2) is 24.3 Å². The molecule has 0 aliphatic rings. The number of nitriles is 1. The zero-order valence-corrected chi connectivity index (χ0v) is 12.9. The van der Waals surface area contributed by atoms with Gasteiger partial charge in [-0.25, -0.2) is 0 Å². The Hall–Kier alpha value is -2.32. The average Bonchev–Trinajstić information content (AvgIpc) is 2.75. The van der Waals surface area contributed by atoms with Gasteiger partial charge in [-0.05, 0) is 18.9 Å². The Kier molecular flexibility index (Phi) is 4.61. The minimum absolute atomic E-state index is 0.110. The highest BCUT2D eigenvalue weighted by Gasteiger charge is 2.18. The predicted octanol–water partition coefficient (Wildman–Crippen LogP) is 3.37. The number of ketones is 1. The van der Waals surface area contributed by atoms with Crippen molar-refractivity contribution in [3.05, 3.63) is 45.8 Å². The first-order chi connectivity index (χ1) is 10.0. The first-order valence-corrected chi connectivity index (χ1v) is 7.47. The number of anilines is 2. The van der Waals surface area contributed by atoms with Crippen molar-refractivity contribution in [1.82, 2.24) is 0 Å². The number of carbonyl (C=O) groups is 1. The molecule has 0 saturated carbocycles. The number of benzene rings is 1. The van der Waals surface area contributed by atoms with Gasteiger partial charge in [0.15, 0.2) is 5.78 Å². The summed E-state index contributed by atoms with van der Waals surface area (Å²) in [5.41, 5.74) is 8.96. The van der Waals surface area contributed by atoms with E-state index in [9.17, 15) is 10.1 Å². The smallest absolute Gasteiger partial charge is 0.171 e. The topological polar surface area (TPSA) is 78.9 Å². The summed E-state index contributed by atoms with van der Waals surface area (Å²) in [6.07, 6.45) is 0.847. The molecule has 108 valence electrons. The van der Waals surface area contributed by atoms with Crippen LogP contribution < -0.4 is 11.1 Å². The Balaban J connectivity index is 2.08. The van der Waals surface area contributed by atoms with Crippen molar-refractivity contribution in [3.63, 3.8) is 0 Å². The maximum Gasteiger partial charge on any atom is 0.171 e. The molecule has 1 aromatic carbocycles. The molecule has 3 N–H and O–H groups in total. The van der Waals surface area contributed by atoms with Crippen LogP contribution in [0.1, 0.15) is 33.3 Å². The van der Waals surface area contributed by atoms with E-state index < -0.39 is 0 Å². The lowest BCUT2D eigenvalue weighted by molar-refractivity contribution is 0.102. The van der Waals surface area contributed by atoms with Crippen molar-refractivity contribution < 1.29 is 4.79 Å². The van der Waals surface area contributed by atoms with Crippen molar-refractivity contribution in [2.24, 2.45) is 0 Å². The van der Waals surface area contributed by atoms with E-state index in [0.29, 0.717) is 22.0 Å². The van der Waals surface area contributed by atoms with Gasteiger partial charge in [0.1, 0.15) is 16.6 Å². The van der Waals surface area contributed by atoms with E-state index in [4.69, 9.17) is 5.73 Å². The summed E-state index contributed by atoms with van der Waals surface area (Å²) in [5, 5.41) is 13.1. The molecule has 0 saturated heterocycles. The fraction of sp³-hybridized carbons (Fsp3) is 0.250. The van der Waals surface area contributed by atoms with E-state index in [1.54, 1.807) is 0 Å². The molecule has 0 aliphatic heterocycles. The maximum atomic E-state index is 11.5. The van der Waals surface area contributed by atoms with Gasteiger partial charge in [-0.15, -0.1) is 11.3 Å². The van der Waals surface area contributed by atoms with Crippen molar-refractivity contribution in [2.75, 3.05) is 17.6 Å². The van der Waals surface area contributed by atoms with E-state index in [1.165, 1.54) is 29.4 Å². The molecule has 2 aromatic rings. The van der Waals surface area contributed by atoms with Crippen LogP contribution in [0.2, 0.25) is 0 Å². The Bertz CT molecular complexity index is 713. The summed E-state index contributed by atoms with van der Waals surface area (Å²) in [4.78, 5) is 11.9. The summed E-state index contributed by atoms with van der Waals surface area (Å²) in [5.74, 6) is -0.110. The fourth-order valence-electron chi connectivity index (χ4n) is 2.13. The molecule has 0 radical (unpaired) electrons. The number of nitrogens with two attached hydrogens (primary N) is 1. The Morgan fingerprint density at radius 1 is 1.48 bits per heavy atom. The van der Waals surface area contributed by atoms with Gasteiger partial charge >= 0.3 is 0 Å². The highest BCUT2D eigenvalue weighted by molar-refractivity contribution is 7.18. The highest BCUT2D eigenvalue weighted by Crippen LogP contribution is 2.35. The van der Waals surface area contributed by atoms with Gasteiger partial charge in [0, 0.05) is 13.5 Å². The summed E-state index contributed by atoms with van der Waals surface area (Å²) in [7, 11) is 0. The number of nitrogen functional groups attached to an aromatic ring is 1. The number of rotatable bonds is 5. The molecule has 0 bridgehead atoms. The quantitative estimate of drug-likeness (QED) is 0.830. The highest BCUT2D eigenvalue weighted by atomic mass is 32.1. The maximum absolute atomic E-state index is 11.5. The monoisotopic (exact) mass is 299 g/mol. The number of Topliss-reactive ketones (excluding diaryl/α,β-unsaturated/α-hetero) is 1. The summed E-state index contributed by atoms with van der Waals surface area (Å²) < 4.78 is 0. The molecule has 21 heavy (non-hydrogen) atoms. The third-order valence-electron chi connectivity index (χ3n) is 3.16. The molecular weight excluding hydrogens is 282 g/mol. The van der Waals surface area contributed by atoms with Crippen molar-refractivity contribution >= 4 is 27.8 Å². The van der Waals surface area contributed by atoms with Crippen LogP contribution in [0.3, 0.4) is 0 Å². The molecule has 4 nitrogen and oxygen atoms in total. The van der Waals surface area contributed by atoms with Crippen LogP contribution in [-0.4, -0.2) is 12.3 Å². The van der Waals surface area contributed by atoms with Gasteiger partial charge < -0.3 is 11.1 Å². The Morgan fingerprint density at radius 3 is 2.86 bits per heavy atom. The lowest BCUT2D eigenvalue weighted by Crippen LogP contribution is -2.05. The van der Waals surface area contributed by atoms with Gasteiger partial charge in [0.05, 0.1) is 10.6 Å². The van der Waals surface area contributed by atoms with Gasteiger partial charge in [-0.1, -0.05) is 29.8 Å². The number of nitrogens with zero attached hydrogens (tertiary/aromatic N) is 1. The first-order valence-electron chi connectivity index (χ1n) is 6.65. The molecule has 2 rings (SSSR count). The third kappa shape index (κ3) is 3.41. The van der Waals surface area contributed by atoms with Crippen LogP contribution >= 0.6 is 11.3 Å². The largest absolute Gasteiger partial charge is 0.396 e. The van der Waals surface area contributed by atoms with E-state index >= 15 is 0 Å². The standard InChI is InChI=1S/C16H17N3OS/c1-10-4-3-5-12(8-10)6-7-19-16-13(9-17)14(18)15(21-16)11(2)20/h3-5,8,19H,6-7,18H2,1-2H3. The van der Waals surface area contributed by atoms with Crippen LogP contribution in [-0.2, 0) is 6.42 Å². The summed E-state index contributed by atoms with van der Waals surface area (Å²) in [6, 6.07) is 10.4. The molecule has 0 amide bonds. The van der Waals surface area contributed by atoms with E-state index in [0.717, 1.165) is 6.42 Å². The molecule has 5 heteroatoms. The van der Waals surface area contributed by atoms with Crippen molar-refractivity contribution in [1.29, 1.82) is 5.26 Å². The normalized spacial score (nSPS) is 10.1. The van der Waals surface area contributed by atoms with Gasteiger partial charge in [0.25, 0.3) is 0 Å². The van der Waals surface area contributed by atoms with Gasteiger partial charge in [-0.3, -0.25) is 4.79 Å². The molecule has 0 spiro atoms. The number of hydrogen-bond acceptors (Lipinski definition) is 5. The lowest BCUT2D eigenvalue weighted by Gasteiger charge is -2.05. The Labute approximate surface area is 128 Å². The number of hydrogen-bond donors (Lipinski definition) is 2. The van der Waals surface area contributed by atoms with Crippen LogP contribution in [0.5, 0.6) is 0 Å². The number of aryl methyl sites for hydroxylation is 1. The molecule has 0 aliphatic carbocycles. The SMILES string of the molecule is CC(=O)c1sc(NCCc2cccc(C)c2)c(C#N)c1N. The lowest BCUT2D eigenvalue weighted by atomic mass is 10.1.